The summed E-state index contributed by atoms with van der Waals surface area (Å²) < 4.78 is 36.6. The molecule has 1 nitrogen and oxygen atoms in total. The molecule has 0 saturated heterocycles. The third-order valence-electron chi connectivity index (χ3n) is 1.92. The molecule has 1 aliphatic carbocycles. The summed E-state index contributed by atoms with van der Waals surface area (Å²) in [5, 5.41) is 0. The lowest BCUT2D eigenvalue weighted by Crippen LogP contribution is -2.30. The number of alkyl halides is 3. The lowest BCUT2D eigenvalue weighted by Gasteiger charge is -2.16. The van der Waals surface area contributed by atoms with E-state index in [9.17, 15) is 13.2 Å². The van der Waals surface area contributed by atoms with E-state index < -0.39 is 12.1 Å². The van der Waals surface area contributed by atoms with E-state index in [1.807, 2.05) is 0 Å². The van der Waals surface area contributed by atoms with E-state index in [-0.39, 0.29) is 18.9 Å². The van der Waals surface area contributed by atoms with Gasteiger partial charge in [0.2, 0.25) is 0 Å². The number of rotatable bonds is 1. The molecule has 0 aliphatic heterocycles. The summed E-state index contributed by atoms with van der Waals surface area (Å²) in [6.45, 7) is 0. The van der Waals surface area contributed by atoms with Gasteiger partial charge in [-0.3, -0.25) is 0 Å². The fraction of sp³-hybridized carbons (Fsp3) is 1.00. The Hall–Kier alpha value is -0.250. The molecule has 2 N–H and O–H groups in total. The van der Waals surface area contributed by atoms with Crippen molar-refractivity contribution >= 4 is 0 Å². The third kappa shape index (κ3) is 1.26. The smallest absolute Gasteiger partial charge is 0.272 e. The van der Waals surface area contributed by atoms with Gasteiger partial charge in [-0.1, -0.05) is 0 Å². The van der Waals surface area contributed by atoms with Gasteiger partial charge in [0, 0.05) is 12.5 Å². The van der Waals surface area contributed by atoms with Crippen LogP contribution in [0.15, 0.2) is 0 Å². The lowest BCUT2D eigenvalue weighted by atomic mass is 10.1. The Morgan fingerprint density at radius 1 is 1.50 bits per heavy atom. The van der Waals surface area contributed by atoms with Crippen LogP contribution in [-0.4, -0.2) is 18.1 Å². The summed E-state index contributed by atoms with van der Waals surface area (Å²) in [4.78, 5) is 0. The van der Waals surface area contributed by atoms with Crippen molar-refractivity contribution < 1.29 is 13.2 Å². The highest BCUT2D eigenvalue weighted by Gasteiger charge is 2.45. The number of hydrogen-bond acceptors (Lipinski definition) is 1. The Balaban J connectivity index is 2.54. The maximum Gasteiger partial charge on any atom is 0.272 e. The van der Waals surface area contributed by atoms with E-state index in [2.05, 4.69) is 0 Å². The first kappa shape index (κ1) is 7.85. The van der Waals surface area contributed by atoms with Crippen molar-refractivity contribution in [2.24, 2.45) is 5.73 Å². The van der Waals surface area contributed by atoms with Crippen LogP contribution in [0.25, 0.3) is 0 Å². The van der Waals surface area contributed by atoms with Crippen molar-refractivity contribution in [1.29, 1.82) is 0 Å². The molecule has 1 saturated carbocycles. The van der Waals surface area contributed by atoms with Crippen LogP contribution in [0, 0.1) is 0 Å². The molecular weight excluding hydrogens is 143 g/mol. The fourth-order valence-corrected chi connectivity index (χ4v) is 1.26. The van der Waals surface area contributed by atoms with Crippen molar-refractivity contribution in [3.8, 4) is 0 Å². The second-order valence-corrected chi connectivity index (χ2v) is 2.84. The van der Waals surface area contributed by atoms with Crippen molar-refractivity contribution in [1.82, 2.24) is 0 Å². The quantitative estimate of drug-likeness (QED) is 0.606. The summed E-state index contributed by atoms with van der Waals surface area (Å²) in [7, 11) is 0. The zero-order valence-electron chi connectivity index (χ0n) is 5.49. The van der Waals surface area contributed by atoms with Crippen LogP contribution < -0.4 is 5.73 Å². The van der Waals surface area contributed by atoms with Gasteiger partial charge in [-0.2, -0.15) is 0 Å². The van der Waals surface area contributed by atoms with Gasteiger partial charge in [-0.05, 0) is 12.8 Å². The Bertz CT molecular complexity index is 128. The molecule has 0 spiro atoms. The van der Waals surface area contributed by atoms with Gasteiger partial charge in [-0.25, -0.2) is 13.2 Å². The Morgan fingerprint density at radius 2 is 2.10 bits per heavy atom. The Morgan fingerprint density at radius 3 is 2.30 bits per heavy atom. The van der Waals surface area contributed by atoms with Crippen LogP contribution in [-0.2, 0) is 0 Å². The van der Waals surface area contributed by atoms with Crippen LogP contribution in [0.1, 0.15) is 19.3 Å². The minimum atomic E-state index is -2.87. The van der Waals surface area contributed by atoms with Gasteiger partial charge < -0.3 is 5.73 Å². The normalized spacial score (nSPS) is 41.1. The average Bonchev–Trinajstić information content (AvgIpc) is 2.13. The van der Waals surface area contributed by atoms with Gasteiger partial charge in [0.05, 0.1) is 0 Å². The number of hydrogen-bond donors (Lipinski definition) is 1. The van der Waals surface area contributed by atoms with Gasteiger partial charge in [0.15, 0.2) is 5.67 Å². The highest BCUT2D eigenvalue weighted by atomic mass is 19.3. The zero-order chi connectivity index (χ0) is 7.78. The highest BCUT2D eigenvalue weighted by molar-refractivity contribution is 4.93. The second-order valence-electron chi connectivity index (χ2n) is 2.84. The summed E-state index contributed by atoms with van der Waals surface area (Å²) in [5.74, 6) is 0. The monoisotopic (exact) mass is 153 g/mol. The zero-order valence-corrected chi connectivity index (χ0v) is 5.49. The van der Waals surface area contributed by atoms with E-state index in [1.54, 1.807) is 0 Å². The van der Waals surface area contributed by atoms with Crippen molar-refractivity contribution in [2.45, 2.75) is 37.4 Å². The molecule has 0 radical (unpaired) electrons. The lowest BCUT2D eigenvalue weighted by molar-refractivity contribution is -0.0305. The van der Waals surface area contributed by atoms with Gasteiger partial charge in [0.25, 0.3) is 6.43 Å². The predicted molar refractivity (Wildman–Crippen MR) is 31.7 cm³/mol. The molecule has 0 aromatic heterocycles. The molecule has 60 valence electrons. The largest absolute Gasteiger partial charge is 0.328 e. The third-order valence-corrected chi connectivity index (χ3v) is 1.92. The van der Waals surface area contributed by atoms with E-state index in [0.29, 0.717) is 6.42 Å². The number of nitrogens with two attached hydrogens (primary N) is 1. The van der Waals surface area contributed by atoms with Gasteiger partial charge in [-0.15, -0.1) is 0 Å². The molecule has 1 aliphatic rings. The van der Waals surface area contributed by atoms with Crippen LogP contribution in [0.2, 0.25) is 0 Å². The topological polar surface area (TPSA) is 26.0 Å². The first-order valence-corrected chi connectivity index (χ1v) is 3.27. The molecule has 4 heteroatoms. The molecule has 10 heavy (non-hydrogen) atoms. The molecular formula is C6H10F3N. The van der Waals surface area contributed by atoms with Crippen LogP contribution in [0.5, 0.6) is 0 Å². The fourth-order valence-electron chi connectivity index (χ4n) is 1.26. The summed E-state index contributed by atoms with van der Waals surface area (Å²) in [6.07, 6.45) is -2.78. The minimum absolute atomic E-state index is 0.0914. The molecule has 2 atom stereocenters. The van der Waals surface area contributed by atoms with Crippen molar-refractivity contribution in [3.05, 3.63) is 0 Å². The highest BCUT2D eigenvalue weighted by Crippen LogP contribution is 2.37. The number of halogens is 3. The van der Waals surface area contributed by atoms with E-state index in [4.69, 9.17) is 5.73 Å². The molecule has 1 fully saturated rings. The summed E-state index contributed by atoms with van der Waals surface area (Å²) in [5.41, 5.74) is 2.98. The maximum atomic E-state index is 12.9. The molecule has 0 aromatic rings. The first-order chi connectivity index (χ1) is 4.54. The van der Waals surface area contributed by atoms with E-state index >= 15 is 0 Å². The standard InChI is InChI=1S/C6H10F3N/c7-5(8)6(9)2-1-4(10)3-6/h4-5H,1-3,10H2. The van der Waals surface area contributed by atoms with E-state index in [0.717, 1.165) is 0 Å². The molecule has 0 aromatic carbocycles. The molecule has 2 unspecified atom stereocenters. The average molecular weight is 153 g/mol. The predicted octanol–water partition coefficient (Wildman–Crippen LogP) is 1.47. The Kier molecular flexibility index (Phi) is 1.90. The SMILES string of the molecule is NC1CCC(F)(C(F)F)C1. The molecule has 0 bridgehead atoms. The van der Waals surface area contributed by atoms with Crippen LogP contribution in [0.3, 0.4) is 0 Å². The van der Waals surface area contributed by atoms with Crippen molar-refractivity contribution in [2.75, 3.05) is 0 Å². The van der Waals surface area contributed by atoms with Gasteiger partial charge >= 0.3 is 0 Å². The first-order valence-electron chi connectivity index (χ1n) is 3.27. The second kappa shape index (κ2) is 2.42. The summed E-state index contributed by atoms with van der Waals surface area (Å²) in [6, 6.07) is -0.376. The molecule has 1 rings (SSSR count). The van der Waals surface area contributed by atoms with Gasteiger partial charge in [0.1, 0.15) is 0 Å². The summed E-state index contributed by atoms with van der Waals surface area (Å²) >= 11 is 0. The molecule has 0 heterocycles. The maximum absolute atomic E-state index is 12.9. The van der Waals surface area contributed by atoms with E-state index in [1.165, 1.54) is 0 Å². The Labute approximate surface area is 57.4 Å². The van der Waals surface area contributed by atoms with Crippen LogP contribution in [0.4, 0.5) is 13.2 Å². The van der Waals surface area contributed by atoms with Crippen molar-refractivity contribution in [3.63, 3.8) is 0 Å². The van der Waals surface area contributed by atoms with Crippen LogP contribution >= 0.6 is 0 Å². The minimum Gasteiger partial charge on any atom is -0.328 e. The molecule has 0 amide bonds.